The Kier molecular flexibility index (Phi) is 7.01. The lowest BCUT2D eigenvalue weighted by atomic mass is 9.92. The van der Waals surface area contributed by atoms with Crippen LogP contribution in [0.5, 0.6) is 5.75 Å². The van der Waals surface area contributed by atoms with Gasteiger partial charge < -0.3 is 14.6 Å². The number of aromatic nitrogens is 1. The van der Waals surface area contributed by atoms with Gasteiger partial charge in [-0.25, -0.2) is 14.6 Å². The lowest BCUT2D eigenvalue weighted by Gasteiger charge is -2.27. The van der Waals surface area contributed by atoms with Gasteiger partial charge in [-0.2, -0.15) is 13.2 Å². The van der Waals surface area contributed by atoms with Gasteiger partial charge in [-0.05, 0) is 46.1 Å². The number of rotatable bonds is 4. The number of hydrogen-bond donors (Lipinski definition) is 1. The van der Waals surface area contributed by atoms with Crippen LogP contribution in [0, 0.1) is 12.8 Å². The summed E-state index contributed by atoms with van der Waals surface area (Å²) in [6.07, 6.45) is -5.59. The van der Waals surface area contributed by atoms with E-state index >= 15 is 0 Å². The fourth-order valence-corrected chi connectivity index (χ4v) is 4.22. The number of hydrogen-bond acceptors (Lipinski definition) is 7. The summed E-state index contributed by atoms with van der Waals surface area (Å²) in [5.41, 5.74) is -2.67. The van der Waals surface area contributed by atoms with Gasteiger partial charge >= 0.3 is 18.2 Å². The highest BCUT2D eigenvalue weighted by Gasteiger charge is 2.43. The molecule has 1 saturated heterocycles. The number of nitrogens with zero attached hydrogens (tertiary/aromatic N) is 2. The number of carbonyl (C=O) groups is 3. The van der Waals surface area contributed by atoms with Crippen LogP contribution in [0.3, 0.4) is 0 Å². The Morgan fingerprint density at radius 2 is 1.86 bits per heavy atom. The van der Waals surface area contributed by atoms with Gasteiger partial charge in [0.25, 0.3) is 0 Å². The normalized spacial score (nSPS) is 18.6. The van der Waals surface area contributed by atoms with Crippen molar-refractivity contribution < 1.29 is 42.1 Å². The first kappa shape index (κ1) is 26.2. The molecule has 0 bridgehead atoms. The summed E-state index contributed by atoms with van der Waals surface area (Å²) in [7, 11) is 1.18. The Hall–Kier alpha value is -3.37. The first-order chi connectivity index (χ1) is 16.1. The van der Waals surface area contributed by atoms with Crippen LogP contribution < -0.4 is 0 Å². The van der Waals surface area contributed by atoms with Crippen LogP contribution in [-0.4, -0.2) is 58.1 Å². The third-order valence-electron chi connectivity index (χ3n) is 5.71. The molecule has 190 valence electrons. The van der Waals surface area contributed by atoms with E-state index in [9.17, 15) is 32.7 Å². The van der Waals surface area contributed by atoms with E-state index in [0.717, 1.165) is 12.1 Å². The zero-order chi connectivity index (χ0) is 26.3. The van der Waals surface area contributed by atoms with Crippen molar-refractivity contribution in [2.24, 2.45) is 5.92 Å². The SMILES string of the molecule is COC(=O)[C@@H]1C[C@@H](CC(=O)c2c(O)c(C)nc3c(C(F)(F)F)cccc23)CN1C(=O)OC(C)(C)C. The Morgan fingerprint density at radius 3 is 2.43 bits per heavy atom. The molecule has 0 spiro atoms. The number of fused-ring (bicyclic) bond motifs is 1. The number of ether oxygens (including phenoxy) is 2. The molecule has 0 aliphatic carbocycles. The molecule has 35 heavy (non-hydrogen) atoms. The molecule has 1 fully saturated rings. The van der Waals surface area contributed by atoms with Crippen LogP contribution >= 0.6 is 0 Å². The maximum atomic E-state index is 13.5. The molecule has 11 heteroatoms. The molecule has 2 heterocycles. The smallest absolute Gasteiger partial charge is 0.418 e. The second-order valence-corrected chi connectivity index (χ2v) is 9.52. The Morgan fingerprint density at radius 1 is 1.20 bits per heavy atom. The molecule has 1 amide bonds. The topological polar surface area (TPSA) is 106 Å². The summed E-state index contributed by atoms with van der Waals surface area (Å²) in [5.74, 6) is -2.33. The van der Waals surface area contributed by atoms with Crippen LogP contribution in [0.2, 0.25) is 0 Å². The lowest BCUT2D eigenvalue weighted by Crippen LogP contribution is -2.43. The highest BCUT2D eigenvalue weighted by atomic mass is 19.4. The number of aromatic hydroxyl groups is 1. The Balaban J connectivity index is 1.95. The van der Waals surface area contributed by atoms with Crippen LogP contribution in [0.1, 0.15) is 55.2 Å². The van der Waals surface area contributed by atoms with Crippen LogP contribution in [-0.2, 0) is 20.4 Å². The van der Waals surface area contributed by atoms with Crippen LogP contribution in [0.4, 0.5) is 18.0 Å². The zero-order valence-electron chi connectivity index (χ0n) is 20.0. The highest BCUT2D eigenvalue weighted by molar-refractivity contribution is 6.10. The molecule has 8 nitrogen and oxygen atoms in total. The number of benzene rings is 1. The summed E-state index contributed by atoms with van der Waals surface area (Å²) >= 11 is 0. The summed E-state index contributed by atoms with van der Waals surface area (Å²) < 4.78 is 50.7. The van der Waals surface area contributed by atoms with E-state index in [1.807, 2.05) is 0 Å². The van der Waals surface area contributed by atoms with Gasteiger partial charge in [-0.1, -0.05) is 12.1 Å². The number of alkyl halides is 3. The first-order valence-corrected chi connectivity index (χ1v) is 10.9. The van der Waals surface area contributed by atoms with E-state index in [1.165, 1.54) is 25.0 Å². The summed E-state index contributed by atoms with van der Waals surface area (Å²) in [4.78, 5) is 43.3. The van der Waals surface area contributed by atoms with Crippen molar-refractivity contribution in [1.29, 1.82) is 0 Å². The van der Waals surface area contributed by atoms with Gasteiger partial charge in [-0.15, -0.1) is 0 Å². The highest BCUT2D eigenvalue weighted by Crippen LogP contribution is 2.39. The molecule has 0 unspecified atom stereocenters. The minimum absolute atomic E-state index is 0.00299. The number of methoxy groups -OCH3 is 1. The predicted octanol–water partition coefficient (Wildman–Crippen LogP) is 4.64. The second kappa shape index (κ2) is 9.35. The van der Waals surface area contributed by atoms with Crippen molar-refractivity contribution in [2.45, 2.75) is 58.4 Å². The molecule has 0 saturated carbocycles. The molecule has 2 atom stereocenters. The maximum Gasteiger partial charge on any atom is 0.418 e. The molecular formula is C24H27F3N2O6. The Bertz CT molecular complexity index is 1170. The minimum Gasteiger partial charge on any atom is -0.505 e. The van der Waals surface area contributed by atoms with Gasteiger partial charge in [0.05, 0.1) is 29.4 Å². The second-order valence-electron chi connectivity index (χ2n) is 9.52. The number of carbonyl (C=O) groups excluding carboxylic acids is 3. The van der Waals surface area contributed by atoms with Crippen molar-refractivity contribution in [2.75, 3.05) is 13.7 Å². The quantitative estimate of drug-likeness (QED) is 0.486. The molecule has 3 rings (SSSR count). The van der Waals surface area contributed by atoms with Gasteiger partial charge in [0.15, 0.2) is 5.78 Å². The van der Waals surface area contributed by atoms with E-state index in [-0.39, 0.29) is 36.0 Å². The van der Waals surface area contributed by atoms with Gasteiger partial charge in [0, 0.05) is 18.4 Å². The van der Waals surface area contributed by atoms with Crippen molar-refractivity contribution in [3.63, 3.8) is 0 Å². The summed E-state index contributed by atoms with van der Waals surface area (Å²) in [5, 5.41) is 10.4. The van der Waals surface area contributed by atoms with Gasteiger partial charge in [0.1, 0.15) is 17.4 Å². The molecule has 2 aromatic rings. The summed E-state index contributed by atoms with van der Waals surface area (Å²) in [6.45, 7) is 6.32. The molecule has 1 aromatic heterocycles. The zero-order valence-corrected chi connectivity index (χ0v) is 20.0. The number of esters is 1. The lowest BCUT2D eigenvalue weighted by molar-refractivity contribution is -0.145. The van der Waals surface area contributed by atoms with E-state index < -0.39 is 58.4 Å². The third kappa shape index (κ3) is 5.49. The predicted molar refractivity (Wildman–Crippen MR) is 119 cm³/mol. The Labute approximate surface area is 200 Å². The number of aryl methyl sites for hydroxylation is 1. The number of pyridine rings is 1. The van der Waals surface area contributed by atoms with Crippen molar-refractivity contribution >= 4 is 28.7 Å². The largest absolute Gasteiger partial charge is 0.505 e. The molecular weight excluding hydrogens is 469 g/mol. The first-order valence-electron chi connectivity index (χ1n) is 10.9. The fourth-order valence-electron chi connectivity index (χ4n) is 4.22. The maximum absolute atomic E-state index is 13.5. The number of halogens is 3. The molecule has 1 aromatic carbocycles. The number of likely N-dealkylation sites (tertiary alicyclic amines) is 1. The van der Waals surface area contributed by atoms with Crippen LogP contribution in [0.25, 0.3) is 10.9 Å². The standard InChI is InChI=1S/C24H27F3N2O6/c1-12-20(31)18(14-7-6-8-15(19(14)28-12)24(25,26)27)17(30)10-13-9-16(21(32)34-5)29(11-13)22(33)35-23(2,3)4/h6-8,13,16,31H,9-11H2,1-5H3/t13-,16-/m0/s1. The van der Waals surface area contributed by atoms with Crippen molar-refractivity contribution in [3.8, 4) is 5.75 Å². The summed E-state index contributed by atoms with van der Waals surface area (Å²) in [6, 6.07) is 2.32. The molecule has 1 aliphatic rings. The van der Waals surface area contributed by atoms with E-state index in [4.69, 9.17) is 9.47 Å². The average Bonchev–Trinajstić information content (AvgIpc) is 3.15. The number of ketones is 1. The van der Waals surface area contributed by atoms with E-state index in [0.29, 0.717) is 0 Å². The fraction of sp³-hybridized carbons (Fsp3) is 0.500. The van der Waals surface area contributed by atoms with Gasteiger partial charge in [0.2, 0.25) is 0 Å². The average molecular weight is 496 g/mol. The number of Topliss-reactive ketones (excluding diaryl/α,β-unsaturated/α-hetero) is 1. The minimum atomic E-state index is -4.71. The van der Waals surface area contributed by atoms with Crippen LogP contribution in [0.15, 0.2) is 18.2 Å². The number of amides is 1. The third-order valence-corrected chi connectivity index (χ3v) is 5.71. The molecule has 1 N–H and O–H groups in total. The van der Waals surface area contributed by atoms with E-state index in [1.54, 1.807) is 20.8 Å². The van der Waals surface area contributed by atoms with Crippen molar-refractivity contribution in [1.82, 2.24) is 9.88 Å². The monoisotopic (exact) mass is 496 g/mol. The molecule has 0 radical (unpaired) electrons. The van der Waals surface area contributed by atoms with Crippen molar-refractivity contribution in [3.05, 3.63) is 35.0 Å². The van der Waals surface area contributed by atoms with E-state index in [2.05, 4.69) is 4.98 Å². The molecule has 1 aliphatic heterocycles. The number of para-hydroxylation sites is 1. The van der Waals surface area contributed by atoms with Gasteiger partial charge in [-0.3, -0.25) is 9.69 Å².